The number of nitrogens with two attached hydrogens (primary N) is 3. The van der Waals surface area contributed by atoms with E-state index in [0.717, 1.165) is 21.8 Å². The fourth-order valence-electron chi connectivity index (χ4n) is 4.56. The molecule has 0 aliphatic carbocycles. The third-order valence-electron chi connectivity index (χ3n) is 6.41. The average Bonchev–Trinajstić information content (AvgIpc) is 2.91. The molecule has 1 aliphatic rings. The first-order valence-electron chi connectivity index (χ1n) is 12.4. The summed E-state index contributed by atoms with van der Waals surface area (Å²) in [4.78, 5) is 69.7. The topological polar surface area (TPSA) is 242 Å². The minimum Gasteiger partial charge on any atom is -0.480 e. The Kier molecular flexibility index (Phi) is 11.1. The van der Waals surface area contributed by atoms with E-state index in [-0.39, 0.29) is 55.5 Å². The third-order valence-corrected chi connectivity index (χ3v) is 6.41. The van der Waals surface area contributed by atoms with Gasteiger partial charge in [-0.1, -0.05) is 18.2 Å². The molecule has 224 valence electrons. The van der Waals surface area contributed by atoms with Crippen LogP contribution in [0, 0.1) is 5.41 Å². The molecule has 2 aromatic carbocycles. The molecule has 16 heteroatoms. The summed E-state index contributed by atoms with van der Waals surface area (Å²) in [6, 6.07) is 13.8. The van der Waals surface area contributed by atoms with Crippen molar-refractivity contribution in [2.24, 2.45) is 22.2 Å². The Bertz CT molecular complexity index is 1380. The summed E-state index contributed by atoms with van der Waals surface area (Å²) in [6.07, 6.45) is -0.360. The Balaban J connectivity index is 0.00000616. The lowest BCUT2D eigenvalue weighted by atomic mass is 9.85. The predicted octanol–water partition coefficient (Wildman–Crippen LogP) is -0.359. The van der Waals surface area contributed by atoms with Gasteiger partial charge in [0.1, 0.15) is 6.54 Å². The van der Waals surface area contributed by atoms with Crippen LogP contribution in [0.15, 0.2) is 59.6 Å². The number of carbonyl (C=O) groups is 5. The zero-order chi connectivity index (χ0) is 30.3. The van der Waals surface area contributed by atoms with Gasteiger partial charge in [0.05, 0.1) is 5.69 Å². The SMILES string of the molecule is CC(=O)[C@@]1(CCNC(=O)c2ccc(N=C(N)N)cc2)C(=O)N(CC(=O)O)CCN1N(C(=N)N)C(=O)c1ccccc1.Cl. The van der Waals surface area contributed by atoms with Gasteiger partial charge in [-0.2, -0.15) is 5.01 Å². The fraction of sp³-hybridized carbons (Fsp3) is 0.269. The Hall–Kier alpha value is -5.02. The van der Waals surface area contributed by atoms with Crippen LogP contribution in [0.5, 0.6) is 0 Å². The molecule has 0 aromatic heterocycles. The number of carbonyl (C=O) groups excluding carboxylic acids is 4. The van der Waals surface area contributed by atoms with E-state index in [1.54, 1.807) is 18.2 Å². The molecule has 0 unspecified atom stereocenters. The van der Waals surface area contributed by atoms with E-state index in [4.69, 9.17) is 22.6 Å². The number of Topliss-reactive ketones (excluding diaryl/α,β-unsaturated/α-hetero) is 1. The van der Waals surface area contributed by atoms with Gasteiger partial charge in [0, 0.05) is 37.2 Å². The van der Waals surface area contributed by atoms with Gasteiger partial charge in [0.25, 0.3) is 17.7 Å². The summed E-state index contributed by atoms with van der Waals surface area (Å²) in [7, 11) is 0. The van der Waals surface area contributed by atoms with Gasteiger partial charge in [-0.3, -0.25) is 29.4 Å². The molecule has 1 fully saturated rings. The number of guanidine groups is 2. The van der Waals surface area contributed by atoms with Crippen molar-refractivity contribution < 1.29 is 29.1 Å². The van der Waals surface area contributed by atoms with E-state index in [1.165, 1.54) is 36.4 Å². The average molecular weight is 602 g/mol. The van der Waals surface area contributed by atoms with E-state index in [9.17, 15) is 29.1 Å². The first-order valence-corrected chi connectivity index (χ1v) is 12.4. The Labute approximate surface area is 247 Å². The number of aliphatic imine (C=N–C) groups is 1. The molecule has 0 bridgehead atoms. The van der Waals surface area contributed by atoms with Crippen LogP contribution in [0.4, 0.5) is 5.69 Å². The molecule has 1 heterocycles. The lowest BCUT2D eigenvalue weighted by Crippen LogP contribution is -2.75. The highest BCUT2D eigenvalue weighted by Gasteiger charge is 2.56. The molecule has 1 atom stereocenters. The Morgan fingerprint density at radius 3 is 2.17 bits per heavy atom. The molecule has 2 aromatic rings. The standard InChI is InChI=1S/C26H31N9O6.ClH/c1-16(36)26(11-12-31-21(39)17-7-9-19(10-8-17)32-24(27)28)23(41)33(15-20(37)38)13-14-34(26)35(25(29)30)22(40)18-5-3-2-4-6-18;/h2-10H,11-15H2,1H3,(H3,29,30)(H,31,39)(H,37,38)(H4,27,28,32);1H/t26-;/m0./s1. The predicted molar refractivity (Wildman–Crippen MR) is 155 cm³/mol. The number of hydrogen-bond acceptors (Lipinski definition) is 8. The molecular weight excluding hydrogens is 570 g/mol. The van der Waals surface area contributed by atoms with Crippen LogP contribution in [0.1, 0.15) is 34.1 Å². The normalized spacial score (nSPS) is 16.5. The smallest absolute Gasteiger partial charge is 0.323 e. The van der Waals surface area contributed by atoms with E-state index in [0.29, 0.717) is 5.69 Å². The van der Waals surface area contributed by atoms with E-state index < -0.39 is 47.5 Å². The van der Waals surface area contributed by atoms with Crippen molar-refractivity contribution in [3.05, 3.63) is 65.7 Å². The molecule has 1 saturated heterocycles. The largest absolute Gasteiger partial charge is 0.480 e. The maximum Gasteiger partial charge on any atom is 0.323 e. The van der Waals surface area contributed by atoms with Crippen LogP contribution in [-0.2, 0) is 14.4 Å². The van der Waals surface area contributed by atoms with Gasteiger partial charge in [-0.05, 0) is 43.3 Å². The lowest BCUT2D eigenvalue weighted by Gasteiger charge is -2.50. The van der Waals surface area contributed by atoms with Crippen molar-refractivity contribution in [2.75, 3.05) is 26.2 Å². The molecule has 1 aliphatic heterocycles. The highest BCUT2D eigenvalue weighted by atomic mass is 35.5. The van der Waals surface area contributed by atoms with Crippen LogP contribution in [-0.4, -0.2) is 93.1 Å². The molecule has 0 radical (unpaired) electrons. The third kappa shape index (κ3) is 7.18. The van der Waals surface area contributed by atoms with E-state index >= 15 is 0 Å². The molecule has 9 N–H and O–H groups in total. The number of carboxylic acid groups (broad SMARTS) is 1. The van der Waals surface area contributed by atoms with Gasteiger partial charge in [0.2, 0.25) is 5.96 Å². The summed E-state index contributed by atoms with van der Waals surface area (Å²) in [5, 5.41) is 21.9. The second-order valence-electron chi connectivity index (χ2n) is 9.12. The number of carboxylic acids is 1. The number of nitrogens with zero attached hydrogens (tertiary/aromatic N) is 4. The molecule has 3 rings (SSSR count). The quantitative estimate of drug-likeness (QED) is 0.117. The summed E-state index contributed by atoms with van der Waals surface area (Å²) in [6.45, 7) is -0.173. The first kappa shape index (κ1) is 33.2. The van der Waals surface area contributed by atoms with Gasteiger partial charge in [-0.25, -0.2) is 10.0 Å². The van der Waals surface area contributed by atoms with Crippen molar-refractivity contribution in [3.63, 3.8) is 0 Å². The molecular formula is C26H32ClN9O6. The molecule has 0 spiro atoms. The number of piperazine rings is 1. The number of ketones is 1. The monoisotopic (exact) mass is 601 g/mol. The molecule has 3 amide bonds. The number of benzene rings is 2. The number of rotatable bonds is 10. The fourth-order valence-corrected chi connectivity index (χ4v) is 4.56. The van der Waals surface area contributed by atoms with Gasteiger partial charge in [0.15, 0.2) is 17.3 Å². The van der Waals surface area contributed by atoms with Gasteiger partial charge in [-0.15, -0.1) is 12.4 Å². The highest BCUT2D eigenvalue weighted by molar-refractivity contribution is 6.12. The zero-order valence-electron chi connectivity index (χ0n) is 22.6. The minimum atomic E-state index is -2.16. The summed E-state index contributed by atoms with van der Waals surface area (Å²) < 4.78 is 0. The van der Waals surface area contributed by atoms with Crippen LogP contribution in [0.3, 0.4) is 0 Å². The number of nitrogens with one attached hydrogen (secondary N) is 2. The maximum atomic E-state index is 13.8. The number of aliphatic carboxylic acids is 1. The number of halogens is 1. The van der Waals surface area contributed by atoms with Gasteiger partial charge < -0.3 is 32.5 Å². The Morgan fingerprint density at radius 1 is 1.02 bits per heavy atom. The first-order chi connectivity index (χ1) is 19.4. The van der Waals surface area contributed by atoms with Crippen LogP contribution in [0.25, 0.3) is 0 Å². The highest BCUT2D eigenvalue weighted by Crippen LogP contribution is 2.31. The Morgan fingerprint density at radius 2 is 1.64 bits per heavy atom. The summed E-state index contributed by atoms with van der Waals surface area (Å²) in [5.41, 5.74) is 15.2. The summed E-state index contributed by atoms with van der Waals surface area (Å²) in [5.74, 6) is -5.16. The second kappa shape index (κ2) is 14.0. The van der Waals surface area contributed by atoms with Crippen LogP contribution >= 0.6 is 12.4 Å². The molecule has 15 nitrogen and oxygen atoms in total. The maximum absolute atomic E-state index is 13.8. The number of hydrazine groups is 1. The van der Waals surface area contributed by atoms with Gasteiger partial charge >= 0.3 is 5.97 Å². The molecule has 42 heavy (non-hydrogen) atoms. The lowest BCUT2D eigenvalue weighted by molar-refractivity contribution is -0.172. The number of amides is 3. The molecule has 0 saturated carbocycles. The van der Waals surface area contributed by atoms with Crippen molar-refractivity contribution in [1.82, 2.24) is 20.2 Å². The van der Waals surface area contributed by atoms with E-state index in [2.05, 4.69) is 10.3 Å². The van der Waals surface area contributed by atoms with E-state index in [1.807, 2.05) is 0 Å². The number of hydrogen-bond donors (Lipinski definition) is 6. The summed E-state index contributed by atoms with van der Waals surface area (Å²) >= 11 is 0. The van der Waals surface area contributed by atoms with Crippen molar-refractivity contribution in [3.8, 4) is 0 Å². The van der Waals surface area contributed by atoms with Crippen LogP contribution < -0.4 is 22.5 Å². The van der Waals surface area contributed by atoms with Crippen molar-refractivity contribution >= 4 is 59.5 Å². The second-order valence-corrected chi connectivity index (χ2v) is 9.12. The zero-order valence-corrected chi connectivity index (χ0v) is 23.5. The van der Waals surface area contributed by atoms with Crippen molar-refractivity contribution in [2.45, 2.75) is 18.9 Å². The minimum absolute atomic E-state index is 0. The van der Waals surface area contributed by atoms with Crippen molar-refractivity contribution in [1.29, 1.82) is 5.41 Å². The van der Waals surface area contributed by atoms with Crippen LogP contribution in [0.2, 0.25) is 0 Å².